The first-order valence-electron chi connectivity index (χ1n) is 13.7. The first-order chi connectivity index (χ1) is 20.6. The molecule has 0 bridgehead atoms. The molecule has 1 aliphatic carbocycles. The van der Waals surface area contributed by atoms with Gasteiger partial charge in [0, 0.05) is 24.9 Å². The van der Waals surface area contributed by atoms with Gasteiger partial charge in [-0.05, 0) is 50.3 Å². The van der Waals surface area contributed by atoms with Gasteiger partial charge in [0.25, 0.3) is 5.91 Å². The number of carbonyl (C=O) groups excluding carboxylic acids is 1. The van der Waals surface area contributed by atoms with Crippen molar-refractivity contribution in [1.82, 2.24) is 20.4 Å². The van der Waals surface area contributed by atoms with Crippen LogP contribution in [0.5, 0.6) is 5.75 Å². The van der Waals surface area contributed by atoms with Crippen LogP contribution in [0.2, 0.25) is 5.02 Å². The number of hydrogen-bond acceptors (Lipinski definition) is 7. The highest BCUT2D eigenvalue weighted by molar-refractivity contribution is 7.91. The number of sulfone groups is 1. The highest BCUT2D eigenvalue weighted by atomic mass is 35.5. The van der Waals surface area contributed by atoms with Gasteiger partial charge in [0.15, 0.2) is 5.69 Å². The van der Waals surface area contributed by atoms with Crippen LogP contribution in [0.1, 0.15) is 56.1 Å². The van der Waals surface area contributed by atoms with E-state index in [1.165, 1.54) is 16.8 Å². The topological polar surface area (TPSA) is 160 Å². The van der Waals surface area contributed by atoms with E-state index in [-0.39, 0.29) is 47.7 Å². The number of halogens is 6. The maximum absolute atomic E-state index is 13.5. The number of nitrogens with one attached hydrogen (secondary N) is 2. The Labute approximate surface area is 261 Å². The average molecular weight is 689 g/mol. The molecule has 1 aromatic carbocycles. The summed E-state index contributed by atoms with van der Waals surface area (Å²) in [6, 6.07) is 2.32. The minimum Gasteiger partial charge on any atom is -0.465 e. The van der Waals surface area contributed by atoms with Crippen LogP contribution in [0.15, 0.2) is 18.2 Å². The van der Waals surface area contributed by atoms with E-state index in [0.29, 0.717) is 0 Å². The number of aliphatic hydroxyl groups is 1. The van der Waals surface area contributed by atoms with Crippen LogP contribution in [0.25, 0.3) is 11.3 Å². The van der Waals surface area contributed by atoms with Crippen molar-refractivity contribution in [2.75, 3.05) is 12.8 Å². The third-order valence-electron chi connectivity index (χ3n) is 7.84. The van der Waals surface area contributed by atoms with E-state index < -0.39 is 81.3 Å². The Bertz CT molecular complexity index is 1530. The molecule has 45 heavy (non-hydrogen) atoms. The molecule has 1 aromatic heterocycles. The van der Waals surface area contributed by atoms with Crippen molar-refractivity contribution in [3.8, 4) is 17.0 Å². The first kappa shape index (κ1) is 36.3. The molecule has 0 radical (unpaired) electrons. The summed E-state index contributed by atoms with van der Waals surface area (Å²) in [4.78, 5) is 24.6. The average Bonchev–Trinajstić information content (AvgIpc) is 3.22. The monoisotopic (exact) mass is 688 g/mol. The van der Waals surface area contributed by atoms with E-state index in [1.807, 2.05) is 0 Å². The van der Waals surface area contributed by atoms with Gasteiger partial charge in [-0.2, -0.15) is 27.1 Å². The van der Waals surface area contributed by atoms with Crippen molar-refractivity contribution < 1.29 is 54.9 Å². The fourth-order valence-electron chi connectivity index (χ4n) is 5.19. The molecule has 0 aliphatic heterocycles. The van der Waals surface area contributed by atoms with Gasteiger partial charge in [-0.1, -0.05) is 31.5 Å². The summed E-state index contributed by atoms with van der Waals surface area (Å²) < 4.78 is 97.1. The van der Waals surface area contributed by atoms with Gasteiger partial charge in [-0.3, -0.25) is 9.48 Å². The number of carbonyl (C=O) groups is 2. The molecule has 1 aliphatic rings. The van der Waals surface area contributed by atoms with Crippen LogP contribution >= 0.6 is 11.6 Å². The summed E-state index contributed by atoms with van der Waals surface area (Å²) in [6.07, 6.45) is -6.05. The van der Waals surface area contributed by atoms with E-state index >= 15 is 0 Å². The van der Waals surface area contributed by atoms with Crippen LogP contribution in [-0.4, -0.2) is 82.9 Å². The third-order valence-corrected chi connectivity index (χ3v) is 9.84. The number of aryl methyl sites for hydroxylation is 1. The fraction of sp³-hybridized carbons (Fsp3) is 0.593. The van der Waals surface area contributed by atoms with Crippen molar-refractivity contribution in [2.45, 2.75) is 82.7 Å². The molecule has 3 rings (SSSR count). The lowest BCUT2D eigenvalue weighted by Crippen LogP contribution is -2.62. The van der Waals surface area contributed by atoms with Crippen molar-refractivity contribution in [2.24, 2.45) is 5.41 Å². The Morgan fingerprint density at radius 3 is 2.44 bits per heavy atom. The molecule has 1 saturated carbocycles. The maximum Gasteiger partial charge on any atom is 0.404 e. The molecule has 2 aromatic rings. The zero-order chi connectivity index (χ0) is 34.1. The van der Waals surface area contributed by atoms with Crippen LogP contribution in [0.4, 0.5) is 26.7 Å². The Kier molecular flexibility index (Phi) is 10.7. The van der Waals surface area contributed by atoms with Crippen LogP contribution in [0, 0.1) is 5.41 Å². The molecule has 3 unspecified atom stereocenters. The van der Waals surface area contributed by atoms with Gasteiger partial charge in [0.2, 0.25) is 0 Å². The van der Waals surface area contributed by atoms with Crippen molar-refractivity contribution in [1.29, 1.82) is 0 Å². The van der Waals surface area contributed by atoms with Crippen molar-refractivity contribution in [3.63, 3.8) is 0 Å². The summed E-state index contributed by atoms with van der Waals surface area (Å²) >= 11 is 6.52. The molecule has 3 atom stereocenters. The van der Waals surface area contributed by atoms with Gasteiger partial charge in [0.05, 0.1) is 27.4 Å². The van der Waals surface area contributed by atoms with Gasteiger partial charge >= 0.3 is 18.9 Å². The second-order valence-corrected chi connectivity index (χ2v) is 14.3. The van der Waals surface area contributed by atoms with Gasteiger partial charge < -0.3 is 25.6 Å². The first-order valence-corrected chi connectivity index (χ1v) is 16.0. The van der Waals surface area contributed by atoms with Crippen LogP contribution in [-0.2, 0) is 22.8 Å². The largest absolute Gasteiger partial charge is 0.465 e. The number of benzene rings is 1. The third kappa shape index (κ3) is 8.35. The summed E-state index contributed by atoms with van der Waals surface area (Å²) in [5.74, 6) is -1.43. The molecule has 0 spiro atoms. The summed E-state index contributed by atoms with van der Waals surface area (Å²) in [5.41, 5.74) is -4.52. The molecule has 2 amide bonds. The zero-order valence-electron chi connectivity index (χ0n) is 24.7. The number of amides is 2. The molecule has 1 heterocycles. The number of alkyl halides is 5. The zero-order valence-corrected chi connectivity index (χ0v) is 26.3. The van der Waals surface area contributed by atoms with E-state index in [2.05, 4.69) is 20.5 Å². The Morgan fingerprint density at radius 2 is 1.91 bits per heavy atom. The lowest BCUT2D eigenvalue weighted by Gasteiger charge is -2.42. The molecule has 252 valence electrons. The number of carboxylic acid groups (broad SMARTS) is 1. The minimum absolute atomic E-state index is 0.00142. The molecular weight excluding hydrogens is 655 g/mol. The van der Waals surface area contributed by atoms with Crippen molar-refractivity contribution >= 4 is 33.4 Å². The number of nitrogens with zero attached hydrogens (tertiary/aromatic N) is 2. The van der Waals surface area contributed by atoms with Gasteiger partial charge in [0.1, 0.15) is 21.2 Å². The summed E-state index contributed by atoms with van der Waals surface area (Å²) in [5, 5.41) is 27.9. The second kappa shape index (κ2) is 13.3. The maximum atomic E-state index is 13.5. The number of rotatable bonds is 11. The normalized spacial score (nSPS) is 21.1. The highest BCUT2D eigenvalue weighted by Gasteiger charge is 2.47. The van der Waals surface area contributed by atoms with E-state index in [4.69, 9.17) is 11.6 Å². The molecule has 4 N–H and O–H groups in total. The smallest absolute Gasteiger partial charge is 0.404 e. The van der Waals surface area contributed by atoms with Crippen molar-refractivity contribution in [3.05, 3.63) is 34.5 Å². The van der Waals surface area contributed by atoms with Crippen LogP contribution < -0.4 is 15.4 Å². The van der Waals surface area contributed by atoms with Gasteiger partial charge in [-0.15, -0.1) is 0 Å². The van der Waals surface area contributed by atoms with Crippen LogP contribution in [0.3, 0.4) is 0 Å². The predicted octanol–water partition coefficient (Wildman–Crippen LogP) is 4.65. The lowest BCUT2D eigenvalue weighted by atomic mass is 9.80. The number of aromatic nitrogens is 2. The predicted molar refractivity (Wildman–Crippen MR) is 153 cm³/mol. The standard InChI is InChI=1S/C27H34ClF5N4O7S/c1-5-37-21(16-7-6-14(10-17(16)44-23(29)30)12-25(2,3)27(31,32)33)19(28)20(36-37)22(38)34-13-26(41)9-8-15(45(4,42)43)11-18(26)35-24(39)40/h6-7,10,15,18,23,35,41H,5,8-9,11-13H2,1-4H3,(H,34,38)(H,39,40). The number of hydrogen-bond donors (Lipinski definition) is 4. The summed E-state index contributed by atoms with van der Waals surface area (Å²) in [7, 11) is -3.55. The molecule has 18 heteroatoms. The number of ether oxygens (including phenoxy) is 1. The molecule has 1 fully saturated rings. The SMILES string of the molecule is CCn1nc(C(=O)NCC2(O)CCC(S(C)(=O)=O)CC2NC(=O)O)c(Cl)c1-c1ccc(CC(C)(C)C(F)(F)F)cc1OC(F)F. The fourth-order valence-corrected chi connectivity index (χ4v) is 6.60. The summed E-state index contributed by atoms with van der Waals surface area (Å²) in [6.45, 7) is -0.262. The molecule has 11 nitrogen and oxygen atoms in total. The quantitative estimate of drug-likeness (QED) is 0.248. The Morgan fingerprint density at radius 1 is 1.27 bits per heavy atom. The minimum atomic E-state index is -4.58. The lowest BCUT2D eigenvalue weighted by molar-refractivity contribution is -0.211. The van der Waals surface area contributed by atoms with Gasteiger partial charge in [-0.25, -0.2) is 13.2 Å². The highest BCUT2D eigenvalue weighted by Crippen LogP contribution is 2.43. The van der Waals surface area contributed by atoms with E-state index in [0.717, 1.165) is 26.2 Å². The Hall–Kier alpha value is -3.18. The Balaban J connectivity index is 1.94. The van der Waals surface area contributed by atoms with E-state index in [9.17, 15) is 50.2 Å². The second-order valence-electron chi connectivity index (χ2n) is 11.6. The van der Waals surface area contributed by atoms with E-state index in [1.54, 1.807) is 6.92 Å². The molecular formula is C27H34ClF5N4O7S. The molecule has 0 saturated heterocycles.